The van der Waals surface area contributed by atoms with E-state index in [9.17, 15) is 0 Å². The van der Waals surface area contributed by atoms with Gasteiger partial charge in [-0.15, -0.1) is 11.3 Å². The first-order chi connectivity index (χ1) is 31.3. The maximum Gasteiger partial charge on any atom is 0.0713 e. The molecule has 0 saturated heterocycles. The van der Waals surface area contributed by atoms with E-state index in [4.69, 9.17) is 0 Å². The summed E-state index contributed by atoms with van der Waals surface area (Å²) in [5.41, 5.74) is 13.1. The molecule has 0 radical (unpaired) electrons. The van der Waals surface area contributed by atoms with Gasteiger partial charge >= 0.3 is 0 Å². The number of nitrogens with zero attached hydrogens (tertiary/aromatic N) is 1. The molecule has 0 spiro atoms. The fourth-order valence-electron chi connectivity index (χ4n) is 10.8. The summed E-state index contributed by atoms with van der Waals surface area (Å²) in [7, 11) is 0. The SMILES string of the molecule is c1ccc(C2(c3ccc(N(c4ccc(-c5cccc6c5sc5ccccc56)cc4)c4ccc5c6ccccc6c6ccccc6c5c4)cc3)c3ccccc3-c3ccccc32)cc1. The Labute approximate surface area is 370 Å². The molecule has 1 aliphatic carbocycles. The van der Waals surface area contributed by atoms with Crippen LogP contribution in [-0.4, -0.2) is 0 Å². The summed E-state index contributed by atoms with van der Waals surface area (Å²) in [5, 5.41) is 10.2. The lowest BCUT2D eigenvalue weighted by Crippen LogP contribution is -2.28. The number of benzene rings is 11. The van der Waals surface area contributed by atoms with Gasteiger partial charge in [-0.25, -0.2) is 0 Å². The number of hydrogen-bond donors (Lipinski definition) is 0. The van der Waals surface area contributed by atoms with Gasteiger partial charge in [0.25, 0.3) is 0 Å². The largest absolute Gasteiger partial charge is 0.310 e. The van der Waals surface area contributed by atoms with Gasteiger partial charge < -0.3 is 4.90 Å². The molecule has 1 nitrogen and oxygen atoms in total. The molecule has 294 valence electrons. The maximum absolute atomic E-state index is 2.43. The predicted molar refractivity (Wildman–Crippen MR) is 269 cm³/mol. The average Bonchev–Trinajstić information content (AvgIpc) is 3.89. The highest BCUT2D eigenvalue weighted by atomic mass is 32.1. The highest BCUT2D eigenvalue weighted by molar-refractivity contribution is 7.26. The molecule has 11 aromatic carbocycles. The molecule has 12 aromatic rings. The first-order valence-electron chi connectivity index (χ1n) is 21.8. The van der Waals surface area contributed by atoms with Crippen LogP contribution in [0, 0.1) is 0 Å². The van der Waals surface area contributed by atoms with E-state index < -0.39 is 5.41 Å². The van der Waals surface area contributed by atoms with Crippen LogP contribution in [0.1, 0.15) is 22.3 Å². The van der Waals surface area contributed by atoms with Crippen molar-refractivity contribution in [2.75, 3.05) is 4.90 Å². The van der Waals surface area contributed by atoms with Crippen molar-refractivity contribution in [2.24, 2.45) is 0 Å². The molecular formula is C61H39NS. The average molecular weight is 818 g/mol. The molecule has 0 amide bonds. The van der Waals surface area contributed by atoms with Crippen molar-refractivity contribution in [3.63, 3.8) is 0 Å². The quantitative estimate of drug-likeness (QED) is 0.151. The Morgan fingerprint density at radius 2 is 0.762 bits per heavy atom. The molecular weight excluding hydrogens is 779 g/mol. The van der Waals surface area contributed by atoms with Crippen LogP contribution < -0.4 is 4.90 Å². The molecule has 1 aliphatic rings. The highest BCUT2D eigenvalue weighted by Crippen LogP contribution is 2.56. The van der Waals surface area contributed by atoms with Crippen LogP contribution in [0.2, 0.25) is 0 Å². The molecule has 0 atom stereocenters. The summed E-state index contributed by atoms with van der Waals surface area (Å²) in [6.45, 7) is 0. The summed E-state index contributed by atoms with van der Waals surface area (Å²) in [6.07, 6.45) is 0. The topological polar surface area (TPSA) is 3.24 Å². The summed E-state index contributed by atoms with van der Waals surface area (Å²) in [4.78, 5) is 2.43. The fraction of sp³-hybridized carbons (Fsp3) is 0.0164. The lowest BCUT2D eigenvalue weighted by atomic mass is 9.68. The normalized spacial score (nSPS) is 12.9. The Balaban J connectivity index is 1.01. The molecule has 1 heterocycles. The lowest BCUT2D eigenvalue weighted by Gasteiger charge is -2.34. The minimum atomic E-state index is -0.462. The Hall–Kier alpha value is -7.78. The molecule has 1 aromatic heterocycles. The smallest absolute Gasteiger partial charge is 0.0713 e. The van der Waals surface area contributed by atoms with Crippen LogP contribution in [0.5, 0.6) is 0 Å². The van der Waals surface area contributed by atoms with Crippen molar-refractivity contribution in [3.8, 4) is 22.3 Å². The molecule has 0 aliphatic heterocycles. The van der Waals surface area contributed by atoms with Gasteiger partial charge in [-0.1, -0.05) is 194 Å². The Bertz CT molecular complexity index is 3650. The standard InChI is InChI=1S/C61H39NS/c1-2-15-41(16-3-1)61(57-26-11-8-21-52(57)53-22-9-12-27-58(53)61)42-31-35-44(36-32-42)62(45-37-38-51-49-19-5-4-17-47(49)48-18-6-7-20-50(48)56(51)39-45)43-33-29-40(30-34-43)46-24-14-25-55-54-23-10-13-28-59(54)63-60(46)55/h1-39H. The maximum atomic E-state index is 2.43. The molecule has 0 saturated carbocycles. The van der Waals surface area contributed by atoms with Gasteiger partial charge in [0, 0.05) is 37.2 Å². The summed E-state index contributed by atoms with van der Waals surface area (Å²) in [6, 6.07) is 87.8. The molecule has 0 bridgehead atoms. The number of thiophene rings is 1. The molecule has 63 heavy (non-hydrogen) atoms. The van der Waals surface area contributed by atoms with Gasteiger partial charge in [0.2, 0.25) is 0 Å². The van der Waals surface area contributed by atoms with Crippen LogP contribution in [0.3, 0.4) is 0 Å². The second-order valence-electron chi connectivity index (χ2n) is 16.7. The molecule has 2 heteroatoms. The molecule has 0 unspecified atom stereocenters. The fourth-order valence-corrected chi connectivity index (χ4v) is 12.1. The first kappa shape index (κ1) is 35.9. The van der Waals surface area contributed by atoms with E-state index in [1.54, 1.807) is 0 Å². The van der Waals surface area contributed by atoms with E-state index in [1.807, 2.05) is 11.3 Å². The van der Waals surface area contributed by atoms with E-state index in [2.05, 4.69) is 241 Å². The number of rotatable bonds is 6. The van der Waals surface area contributed by atoms with E-state index in [0.29, 0.717) is 0 Å². The van der Waals surface area contributed by atoms with Crippen molar-refractivity contribution < 1.29 is 0 Å². The van der Waals surface area contributed by atoms with Crippen LogP contribution in [-0.2, 0) is 5.41 Å². The van der Waals surface area contributed by atoms with E-state index in [-0.39, 0.29) is 0 Å². The zero-order chi connectivity index (χ0) is 41.5. The molecule has 0 N–H and O–H groups in total. The van der Waals surface area contributed by atoms with Crippen molar-refractivity contribution in [1.82, 2.24) is 0 Å². The van der Waals surface area contributed by atoms with Gasteiger partial charge in [-0.05, 0) is 119 Å². The van der Waals surface area contributed by atoms with Crippen LogP contribution >= 0.6 is 11.3 Å². The number of anilines is 3. The van der Waals surface area contributed by atoms with Crippen molar-refractivity contribution >= 4 is 80.9 Å². The second kappa shape index (κ2) is 14.1. The number of fused-ring (bicyclic) bond motifs is 12. The Morgan fingerprint density at radius 1 is 0.302 bits per heavy atom. The van der Waals surface area contributed by atoms with Crippen molar-refractivity contribution in [2.45, 2.75) is 5.41 Å². The summed E-state index contributed by atoms with van der Waals surface area (Å²) < 4.78 is 2.65. The monoisotopic (exact) mass is 817 g/mol. The Morgan fingerprint density at radius 3 is 1.41 bits per heavy atom. The predicted octanol–water partition coefficient (Wildman–Crippen LogP) is 17.0. The van der Waals surface area contributed by atoms with Crippen molar-refractivity contribution in [3.05, 3.63) is 259 Å². The summed E-state index contributed by atoms with van der Waals surface area (Å²) >= 11 is 1.88. The van der Waals surface area contributed by atoms with Crippen LogP contribution in [0.25, 0.3) is 74.7 Å². The lowest BCUT2D eigenvalue weighted by molar-refractivity contribution is 0.768. The van der Waals surface area contributed by atoms with E-state index in [1.165, 1.54) is 97.0 Å². The van der Waals surface area contributed by atoms with E-state index in [0.717, 1.165) is 17.1 Å². The van der Waals surface area contributed by atoms with Gasteiger partial charge in [0.05, 0.1) is 5.41 Å². The molecule has 13 rings (SSSR count). The van der Waals surface area contributed by atoms with Crippen LogP contribution in [0.4, 0.5) is 17.1 Å². The second-order valence-corrected chi connectivity index (χ2v) is 17.8. The van der Waals surface area contributed by atoms with Crippen molar-refractivity contribution in [1.29, 1.82) is 0 Å². The third-order valence-electron chi connectivity index (χ3n) is 13.5. The molecule has 0 fully saturated rings. The zero-order valence-electron chi connectivity index (χ0n) is 34.4. The Kier molecular flexibility index (Phi) is 8.06. The highest BCUT2D eigenvalue weighted by Gasteiger charge is 2.45. The summed E-state index contributed by atoms with van der Waals surface area (Å²) in [5.74, 6) is 0. The third kappa shape index (κ3) is 5.35. The van der Waals surface area contributed by atoms with Crippen LogP contribution in [0.15, 0.2) is 237 Å². The first-order valence-corrected chi connectivity index (χ1v) is 22.6. The van der Waals surface area contributed by atoms with Gasteiger partial charge in [-0.3, -0.25) is 0 Å². The van der Waals surface area contributed by atoms with Gasteiger partial charge in [0.1, 0.15) is 0 Å². The van der Waals surface area contributed by atoms with Gasteiger partial charge in [0.15, 0.2) is 0 Å². The number of hydrogen-bond acceptors (Lipinski definition) is 2. The minimum absolute atomic E-state index is 0.462. The zero-order valence-corrected chi connectivity index (χ0v) is 35.2. The van der Waals surface area contributed by atoms with Gasteiger partial charge in [-0.2, -0.15) is 0 Å². The third-order valence-corrected chi connectivity index (χ3v) is 14.8. The van der Waals surface area contributed by atoms with E-state index >= 15 is 0 Å². The minimum Gasteiger partial charge on any atom is -0.310 e.